The van der Waals surface area contributed by atoms with Crippen molar-refractivity contribution in [1.82, 2.24) is 35.9 Å². The van der Waals surface area contributed by atoms with Crippen molar-refractivity contribution in [3.63, 3.8) is 0 Å². The predicted molar refractivity (Wildman–Crippen MR) is 203 cm³/mol. The van der Waals surface area contributed by atoms with Crippen LogP contribution in [0.4, 0.5) is 15.9 Å². The number of nitrogens with one attached hydrogen (secondary N) is 4. The average Bonchev–Trinajstić information content (AvgIpc) is 3.78. The predicted octanol–water partition coefficient (Wildman–Crippen LogP) is 7.27. The lowest BCUT2D eigenvalue weighted by atomic mass is 9.86. The number of benzene rings is 2. The normalized spacial score (nSPS) is 18.6. The van der Waals surface area contributed by atoms with Crippen LogP contribution in [0.2, 0.25) is 10.0 Å². The standard InChI is InChI=1S/C37H37Cl2FN8O4S/c38-32-23(3-1-5-25(32)27-17-44-28(36(47-27)52-19-40)16-41-15-22-11-12-30(49)45-22)24-4-2-6-26(33(24)39)46-35-34-29(13-14-42-35)53-31(48-34)18-43-21-9-7-20(8-10-21)37(50)51/h1-6,13-14,17,20-22,41,43H,7-12,15-16,18-19H2,(H,42,46)(H,45,49)(H,50,51)/t20-,21-,22-/m0/s1. The molecular formula is C37H37Cl2FN8O4S. The maximum Gasteiger partial charge on any atom is 0.306 e. The van der Waals surface area contributed by atoms with E-state index in [0.29, 0.717) is 82.0 Å². The number of thiazole rings is 1. The first-order chi connectivity index (χ1) is 25.8. The topological polar surface area (TPSA) is 163 Å². The first-order valence-electron chi connectivity index (χ1n) is 17.4. The number of alkyl halides is 1. The highest BCUT2D eigenvalue weighted by atomic mass is 35.5. The van der Waals surface area contributed by atoms with Crippen LogP contribution in [-0.2, 0) is 22.7 Å². The minimum atomic E-state index is -1.08. The molecule has 0 spiro atoms. The summed E-state index contributed by atoms with van der Waals surface area (Å²) in [6, 6.07) is 13.3. The van der Waals surface area contributed by atoms with Gasteiger partial charge >= 0.3 is 5.97 Å². The highest BCUT2D eigenvalue weighted by Gasteiger charge is 2.26. The second kappa shape index (κ2) is 16.7. The number of pyridine rings is 1. The zero-order valence-corrected chi connectivity index (χ0v) is 30.8. The minimum absolute atomic E-state index is 0.0326. The van der Waals surface area contributed by atoms with Crippen LogP contribution in [0, 0.1) is 5.92 Å². The highest BCUT2D eigenvalue weighted by molar-refractivity contribution is 7.18. The Morgan fingerprint density at radius 2 is 1.75 bits per heavy atom. The summed E-state index contributed by atoms with van der Waals surface area (Å²) in [5.41, 5.74) is 4.05. The molecule has 0 radical (unpaired) electrons. The third kappa shape index (κ3) is 8.52. The van der Waals surface area contributed by atoms with Gasteiger partial charge in [-0.15, -0.1) is 11.3 Å². The number of rotatable bonds is 14. The minimum Gasteiger partial charge on any atom is -0.481 e. The number of anilines is 2. The third-order valence-corrected chi connectivity index (χ3v) is 11.4. The molecule has 2 fully saturated rings. The van der Waals surface area contributed by atoms with Gasteiger partial charge in [0.05, 0.1) is 38.2 Å². The van der Waals surface area contributed by atoms with Gasteiger partial charge in [0.25, 0.3) is 0 Å². The van der Waals surface area contributed by atoms with Gasteiger partial charge in [-0.2, -0.15) is 0 Å². The summed E-state index contributed by atoms with van der Waals surface area (Å²) in [5, 5.41) is 24.1. The lowest BCUT2D eigenvalue weighted by Crippen LogP contribution is -2.35. The largest absolute Gasteiger partial charge is 0.481 e. The molecule has 16 heteroatoms. The number of carbonyl (C=O) groups is 2. The number of hydrogen-bond donors (Lipinski definition) is 5. The molecule has 7 rings (SSSR count). The molecule has 0 unspecified atom stereocenters. The third-order valence-electron chi connectivity index (χ3n) is 9.56. The lowest BCUT2D eigenvalue weighted by molar-refractivity contribution is -0.142. The molecule has 1 aliphatic heterocycles. The fourth-order valence-electron chi connectivity index (χ4n) is 6.76. The van der Waals surface area contributed by atoms with E-state index in [0.717, 1.165) is 34.5 Å². The average molecular weight is 780 g/mol. The van der Waals surface area contributed by atoms with Crippen LogP contribution in [-0.4, -0.2) is 62.4 Å². The molecule has 1 aliphatic carbocycles. The van der Waals surface area contributed by atoms with Gasteiger partial charge in [0.2, 0.25) is 18.6 Å². The molecule has 2 aliphatic rings. The second-order valence-corrected chi connectivity index (χ2v) is 14.9. The first-order valence-corrected chi connectivity index (χ1v) is 18.9. The summed E-state index contributed by atoms with van der Waals surface area (Å²) in [6.07, 6.45) is 7.57. The SMILES string of the molecule is O=C1CC[C@@H](CNCc2ncc(-c3cccc(-c4cccc(Nc5nccc6sc(CN[C@H]7CC[C@H](C(=O)O)CC7)nc56)c4Cl)c3Cl)nc2OCF)N1. The van der Waals surface area contributed by atoms with Crippen molar-refractivity contribution in [2.24, 2.45) is 5.92 Å². The molecule has 12 nitrogen and oxygen atoms in total. The zero-order chi connectivity index (χ0) is 36.9. The number of nitrogens with zero attached hydrogens (tertiary/aromatic N) is 4. The molecule has 1 saturated heterocycles. The summed E-state index contributed by atoms with van der Waals surface area (Å²) < 4.78 is 19.6. The Hall–Kier alpha value is -4.47. The summed E-state index contributed by atoms with van der Waals surface area (Å²) in [4.78, 5) is 41.3. The number of hydrogen-bond acceptors (Lipinski definition) is 11. The van der Waals surface area contributed by atoms with E-state index in [-0.39, 0.29) is 36.3 Å². The van der Waals surface area contributed by atoms with Gasteiger partial charge in [0.1, 0.15) is 16.2 Å². The Balaban J connectivity index is 1.07. The number of halogens is 3. The number of ether oxygens (including phenoxy) is 1. The van der Waals surface area contributed by atoms with E-state index in [1.807, 2.05) is 36.4 Å². The molecule has 2 aromatic carbocycles. The molecule has 5 aromatic rings. The van der Waals surface area contributed by atoms with Gasteiger partial charge in [-0.3, -0.25) is 14.6 Å². The van der Waals surface area contributed by atoms with Crippen LogP contribution in [0.1, 0.15) is 49.2 Å². The van der Waals surface area contributed by atoms with E-state index in [4.69, 9.17) is 32.9 Å². The number of carbonyl (C=O) groups excluding carboxylic acids is 1. The number of amides is 1. The van der Waals surface area contributed by atoms with Crippen molar-refractivity contribution >= 4 is 68.1 Å². The van der Waals surface area contributed by atoms with E-state index in [9.17, 15) is 19.1 Å². The molecule has 0 bridgehead atoms. The van der Waals surface area contributed by atoms with E-state index in [2.05, 4.69) is 36.2 Å². The van der Waals surface area contributed by atoms with E-state index < -0.39 is 12.8 Å². The molecule has 276 valence electrons. The van der Waals surface area contributed by atoms with Crippen molar-refractivity contribution in [3.05, 3.63) is 75.6 Å². The second-order valence-electron chi connectivity index (χ2n) is 13.0. The van der Waals surface area contributed by atoms with Crippen LogP contribution in [0.3, 0.4) is 0 Å². The Morgan fingerprint density at radius 1 is 0.981 bits per heavy atom. The summed E-state index contributed by atoms with van der Waals surface area (Å²) in [7, 11) is 0. The maximum absolute atomic E-state index is 13.4. The van der Waals surface area contributed by atoms with Crippen molar-refractivity contribution in [2.75, 3.05) is 18.7 Å². The summed E-state index contributed by atoms with van der Waals surface area (Å²) >= 11 is 15.6. The fraction of sp³-hybridized carbons (Fsp3) is 0.351. The Morgan fingerprint density at radius 3 is 2.51 bits per heavy atom. The van der Waals surface area contributed by atoms with Gasteiger partial charge in [-0.1, -0.05) is 53.5 Å². The number of fused-ring (bicyclic) bond motifs is 1. The molecular weight excluding hydrogens is 742 g/mol. The lowest BCUT2D eigenvalue weighted by Gasteiger charge is -2.26. The van der Waals surface area contributed by atoms with E-state index in [1.165, 1.54) is 0 Å². The monoisotopic (exact) mass is 778 g/mol. The molecule has 5 N–H and O–H groups in total. The number of carboxylic acids is 1. The highest BCUT2D eigenvalue weighted by Crippen LogP contribution is 2.42. The maximum atomic E-state index is 13.4. The van der Waals surface area contributed by atoms with Gasteiger partial charge < -0.3 is 31.1 Å². The Bertz CT molecular complexity index is 2130. The smallest absolute Gasteiger partial charge is 0.306 e. The molecule has 4 heterocycles. The molecule has 3 aromatic heterocycles. The van der Waals surface area contributed by atoms with Gasteiger partial charge in [0, 0.05) is 61.0 Å². The number of aromatic nitrogens is 4. The van der Waals surface area contributed by atoms with Crippen molar-refractivity contribution in [3.8, 4) is 28.3 Å². The van der Waals surface area contributed by atoms with Crippen molar-refractivity contribution in [2.45, 2.75) is 63.7 Å². The molecule has 1 saturated carbocycles. The van der Waals surface area contributed by atoms with Crippen LogP contribution in [0.5, 0.6) is 5.88 Å². The van der Waals surface area contributed by atoms with Crippen LogP contribution >= 0.6 is 34.5 Å². The Kier molecular flexibility index (Phi) is 11.6. The van der Waals surface area contributed by atoms with Gasteiger partial charge in [-0.25, -0.2) is 19.3 Å². The fourth-order valence-corrected chi connectivity index (χ4v) is 8.27. The zero-order valence-electron chi connectivity index (χ0n) is 28.5. The number of aliphatic carboxylic acids is 1. The van der Waals surface area contributed by atoms with Gasteiger partial charge in [0.15, 0.2) is 5.82 Å². The van der Waals surface area contributed by atoms with Crippen LogP contribution in [0.25, 0.3) is 32.6 Å². The van der Waals surface area contributed by atoms with E-state index in [1.54, 1.807) is 29.8 Å². The quantitative estimate of drug-likeness (QED) is 0.0771. The van der Waals surface area contributed by atoms with Gasteiger partial charge in [-0.05, 0) is 44.2 Å². The summed E-state index contributed by atoms with van der Waals surface area (Å²) in [6.45, 7) is 0.321. The van der Waals surface area contributed by atoms with Crippen LogP contribution < -0.4 is 26.0 Å². The first kappa shape index (κ1) is 36.9. The number of carboxylic acid groups (broad SMARTS) is 1. The molecule has 1 atom stereocenters. The van der Waals surface area contributed by atoms with Crippen LogP contribution in [0.15, 0.2) is 54.9 Å². The van der Waals surface area contributed by atoms with Crippen molar-refractivity contribution < 1.29 is 23.8 Å². The molecule has 1 amide bonds. The molecule has 53 heavy (non-hydrogen) atoms. The summed E-state index contributed by atoms with van der Waals surface area (Å²) in [5.74, 6) is -0.324. The van der Waals surface area contributed by atoms with Crippen molar-refractivity contribution in [1.29, 1.82) is 0 Å². The Labute approximate surface area is 318 Å². The van der Waals surface area contributed by atoms with E-state index >= 15 is 0 Å².